The normalized spacial score (nSPS) is 23.3. The molecule has 116 valence electrons. The van der Waals surface area contributed by atoms with Crippen LogP contribution in [0.15, 0.2) is 12.1 Å². The van der Waals surface area contributed by atoms with E-state index in [1.54, 1.807) is 4.31 Å². The van der Waals surface area contributed by atoms with Crippen molar-refractivity contribution >= 4 is 21.6 Å². The first-order chi connectivity index (χ1) is 9.89. The highest BCUT2D eigenvalue weighted by Crippen LogP contribution is 2.35. The first kappa shape index (κ1) is 14.7. The summed E-state index contributed by atoms with van der Waals surface area (Å²) in [6.45, 7) is 5.83. The van der Waals surface area contributed by atoms with Gasteiger partial charge in [0.1, 0.15) is 0 Å². The van der Waals surface area contributed by atoms with Crippen LogP contribution in [0.5, 0.6) is 0 Å². The van der Waals surface area contributed by atoms with Crippen molar-refractivity contribution in [2.45, 2.75) is 33.1 Å². The Morgan fingerprint density at radius 1 is 1.29 bits per heavy atom. The molecule has 21 heavy (non-hydrogen) atoms. The number of fused-ring (bicyclic) bond motifs is 1. The number of rotatable bonds is 2. The lowest BCUT2D eigenvalue weighted by atomic mass is 10.0. The van der Waals surface area contributed by atoms with Crippen LogP contribution >= 0.6 is 0 Å². The lowest BCUT2D eigenvalue weighted by Gasteiger charge is -2.34. The van der Waals surface area contributed by atoms with Crippen LogP contribution in [0, 0.1) is 12.8 Å². The first-order valence-corrected chi connectivity index (χ1v) is 8.96. The largest absolute Gasteiger partial charge is 0.398 e. The molecule has 0 saturated carbocycles. The van der Waals surface area contributed by atoms with Crippen molar-refractivity contribution in [1.82, 2.24) is 4.31 Å². The van der Waals surface area contributed by atoms with Gasteiger partial charge in [-0.2, -0.15) is 12.7 Å². The van der Waals surface area contributed by atoms with Gasteiger partial charge < -0.3 is 5.73 Å². The smallest absolute Gasteiger partial charge is 0.304 e. The van der Waals surface area contributed by atoms with Gasteiger partial charge in [-0.05, 0) is 49.3 Å². The molecule has 1 aromatic carbocycles. The van der Waals surface area contributed by atoms with Gasteiger partial charge in [0, 0.05) is 25.3 Å². The van der Waals surface area contributed by atoms with Crippen LogP contribution in [0.4, 0.5) is 11.4 Å². The number of nitrogen functional groups attached to an aromatic ring is 1. The Hall–Kier alpha value is -1.27. The topological polar surface area (TPSA) is 66.6 Å². The van der Waals surface area contributed by atoms with Crippen LogP contribution in [0.2, 0.25) is 0 Å². The van der Waals surface area contributed by atoms with E-state index in [-0.39, 0.29) is 0 Å². The van der Waals surface area contributed by atoms with Gasteiger partial charge in [-0.15, -0.1) is 0 Å². The molecule has 0 radical (unpaired) electrons. The Morgan fingerprint density at radius 3 is 2.76 bits per heavy atom. The molecule has 3 rings (SSSR count). The molecule has 1 unspecified atom stereocenters. The molecular weight excluding hydrogens is 286 g/mol. The van der Waals surface area contributed by atoms with E-state index in [4.69, 9.17) is 5.73 Å². The standard InChI is InChI=1S/C15H23N3O2S/c1-11-4-3-6-17(10-11)21(19,20)18-7-5-13-8-12(2)14(16)9-15(13)18/h8-9,11H,3-7,10,16H2,1-2H3. The lowest BCUT2D eigenvalue weighted by molar-refractivity contribution is 0.280. The number of benzene rings is 1. The predicted octanol–water partition coefficient (Wildman–Crippen LogP) is 1.92. The van der Waals surface area contributed by atoms with Gasteiger partial charge in [-0.1, -0.05) is 13.0 Å². The zero-order valence-electron chi connectivity index (χ0n) is 12.7. The lowest BCUT2D eigenvalue weighted by Crippen LogP contribution is -2.47. The second-order valence-corrected chi connectivity index (χ2v) is 8.13. The average Bonchev–Trinajstić information content (AvgIpc) is 2.83. The number of anilines is 2. The van der Waals surface area contributed by atoms with Crippen LogP contribution in [0.1, 0.15) is 30.9 Å². The molecular formula is C15H23N3O2S. The zero-order chi connectivity index (χ0) is 15.2. The Bertz CT molecular complexity index is 657. The van der Waals surface area contributed by atoms with Crippen molar-refractivity contribution in [3.63, 3.8) is 0 Å². The number of piperidine rings is 1. The molecule has 1 fully saturated rings. The number of hydrogen-bond donors (Lipinski definition) is 1. The summed E-state index contributed by atoms with van der Waals surface area (Å²) in [6, 6.07) is 3.82. The van der Waals surface area contributed by atoms with E-state index in [1.807, 2.05) is 19.1 Å². The van der Waals surface area contributed by atoms with Crippen LogP contribution < -0.4 is 10.0 Å². The summed E-state index contributed by atoms with van der Waals surface area (Å²) in [5.41, 5.74) is 9.47. The maximum absolute atomic E-state index is 12.9. The molecule has 2 aliphatic heterocycles. The fourth-order valence-corrected chi connectivity index (χ4v) is 5.10. The summed E-state index contributed by atoms with van der Waals surface area (Å²) >= 11 is 0. The Labute approximate surface area is 126 Å². The third-order valence-electron chi connectivity index (χ3n) is 4.54. The van der Waals surface area contributed by atoms with E-state index in [9.17, 15) is 8.42 Å². The monoisotopic (exact) mass is 309 g/mol. The molecule has 5 nitrogen and oxygen atoms in total. The quantitative estimate of drug-likeness (QED) is 0.849. The Morgan fingerprint density at radius 2 is 2.05 bits per heavy atom. The minimum atomic E-state index is -3.43. The van der Waals surface area contributed by atoms with Crippen LogP contribution in [0.25, 0.3) is 0 Å². The molecule has 2 N–H and O–H groups in total. The van der Waals surface area contributed by atoms with Crippen LogP contribution in [0.3, 0.4) is 0 Å². The molecule has 1 atom stereocenters. The van der Waals surface area contributed by atoms with E-state index in [0.29, 0.717) is 31.2 Å². The Kier molecular flexibility index (Phi) is 3.61. The number of nitrogens with zero attached hydrogens (tertiary/aromatic N) is 2. The maximum Gasteiger partial charge on any atom is 0.304 e. The molecule has 0 aliphatic carbocycles. The molecule has 2 aliphatic rings. The van der Waals surface area contributed by atoms with Crippen molar-refractivity contribution in [3.05, 3.63) is 23.3 Å². The summed E-state index contributed by atoms with van der Waals surface area (Å²) in [6.07, 6.45) is 2.81. The highest BCUT2D eigenvalue weighted by molar-refractivity contribution is 7.90. The fraction of sp³-hybridized carbons (Fsp3) is 0.600. The molecule has 1 saturated heterocycles. The van der Waals surface area contributed by atoms with E-state index in [2.05, 4.69) is 6.92 Å². The van der Waals surface area contributed by atoms with E-state index >= 15 is 0 Å². The molecule has 2 heterocycles. The summed E-state index contributed by atoms with van der Waals surface area (Å²) in [5.74, 6) is 0.429. The van der Waals surface area contributed by atoms with Gasteiger partial charge in [0.15, 0.2) is 0 Å². The zero-order valence-corrected chi connectivity index (χ0v) is 13.5. The van der Waals surface area contributed by atoms with Gasteiger partial charge >= 0.3 is 10.2 Å². The molecule has 1 aromatic rings. The molecule has 0 amide bonds. The van der Waals surface area contributed by atoms with Gasteiger partial charge in [-0.3, -0.25) is 4.31 Å². The predicted molar refractivity (Wildman–Crippen MR) is 85.5 cm³/mol. The molecule has 0 aromatic heterocycles. The molecule has 0 bridgehead atoms. The first-order valence-electron chi connectivity index (χ1n) is 7.56. The second kappa shape index (κ2) is 5.18. The van der Waals surface area contributed by atoms with Gasteiger partial charge in [0.05, 0.1) is 5.69 Å². The van der Waals surface area contributed by atoms with Crippen LogP contribution in [-0.2, 0) is 16.6 Å². The Balaban J connectivity index is 1.94. The van der Waals surface area contributed by atoms with Crippen molar-refractivity contribution < 1.29 is 8.42 Å². The number of hydrogen-bond acceptors (Lipinski definition) is 3. The average molecular weight is 309 g/mol. The summed E-state index contributed by atoms with van der Waals surface area (Å²) < 4.78 is 29.0. The highest BCUT2D eigenvalue weighted by atomic mass is 32.2. The molecule has 6 heteroatoms. The number of aryl methyl sites for hydroxylation is 1. The van der Waals surface area contributed by atoms with Gasteiger partial charge in [0.2, 0.25) is 0 Å². The third kappa shape index (κ3) is 2.51. The highest BCUT2D eigenvalue weighted by Gasteiger charge is 2.36. The van der Waals surface area contributed by atoms with E-state index in [1.165, 1.54) is 4.31 Å². The maximum atomic E-state index is 12.9. The fourth-order valence-electron chi connectivity index (χ4n) is 3.28. The van der Waals surface area contributed by atoms with Crippen molar-refractivity contribution in [2.75, 3.05) is 29.7 Å². The third-order valence-corrected chi connectivity index (χ3v) is 6.47. The minimum Gasteiger partial charge on any atom is -0.398 e. The van der Waals surface area contributed by atoms with Crippen LogP contribution in [-0.4, -0.2) is 32.4 Å². The summed E-state index contributed by atoms with van der Waals surface area (Å²) in [5, 5.41) is 0. The van der Waals surface area contributed by atoms with Crippen molar-refractivity contribution in [2.24, 2.45) is 5.92 Å². The summed E-state index contributed by atoms with van der Waals surface area (Å²) in [7, 11) is -3.43. The number of nitrogens with two attached hydrogens (primary N) is 1. The minimum absolute atomic E-state index is 0.429. The summed E-state index contributed by atoms with van der Waals surface area (Å²) in [4.78, 5) is 0. The van der Waals surface area contributed by atoms with E-state index in [0.717, 1.165) is 36.1 Å². The van der Waals surface area contributed by atoms with Crippen molar-refractivity contribution in [3.8, 4) is 0 Å². The SMILES string of the molecule is Cc1cc2c(cc1N)N(S(=O)(=O)N1CCCC(C)C1)CC2. The van der Waals surface area contributed by atoms with Gasteiger partial charge in [0.25, 0.3) is 0 Å². The van der Waals surface area contributed by atoms with E-state index < -0.39 is 10.2 Å². The van der Waals surface area contributed by atoms with Gasteiger partial charge in [-0.25, -0.2) is 0 Å². The van der Waals surface area contributed by atoms with Crippen molar-refractivity contribution in [1.29, 1.82) is 0 Å². The second-order valence-electron chi connectivity index (χ2n) is 6.27. The molecule has 0 spiro atoms.